The molecular weight excluding hydrogens is 194 g/mol. The normalized spacial score (nSPS) is 11.5. The number of nitrogens with zero attached hydrogens (tertiary/aromatic N) is 1. The summed E-state index contributed by atoms with van der Waals surface area (Å²) in [6, 6.07) is 3.66. The number of hydrogen-bond acceptors (Lipinski definition) is 4. The van der Waals surface area contributed by atoms with Gasteiger partial charge in [0.2, 0.25) is 0 Å². The summed E-state index contributed by atoms with van der Waals surface area (Å²) < 4.78 is 9.92. The molecule has 4 heteroatoms. The monoisotopic (exact) mass is 209 g/mol. The lowest BCUT2D eigenvalue weighted by Crippen LogP contribution is -2.08. The maximum absolute atomic E-state index is 11.1. The van der Waals surface area contributed by atoms with Gasteiger partial charge in [-0.1, -0.05) is 0 Å². The number of aliphatic imine (C=N–C) groups is 1. The van der Waals surface area contributed by atoms with Gasteiger partial charge in [0.1, 0.15) is 5.76 Å². The fraction of sp³-hybridized carbons (Fsp3) is 0.455. The molecule has 0 aliphatic carbocycles. The van der Waals surface area contributed by atoms with Crippen molar-refractivity contribution in [3.63, 3.8) is 0 Å². The Labute approximate surface area is 89.0 Å². The summed E-state index contributed by atoms with van der Waals surface area (Å²) in [5, 5.41) is 0. The van der Waals surface area contributed by atoms with E-state index in [4.69, 9.17) is 9.15 Å². The molecule has 1 aromatic heterocycles. The predicted octanol–water partition coefficient (Wildman–Crippen LogP) is 2.19. The van der Waals surface area contributed by atoms with Crippen molar-refractivity contribution in [3.05, 3.63) is 24.2 Å². The molecule has 0 aliphatic rings. The molecule has 15 heavy (non-hydrogen) atoms. The van der Waals surface area contributed by atoms with Gasteiger partial charge in [0.15, 0.2) is 0 Å². The molecule has 0 amide bonds. The number of hydrogen-bond donors (Lipinski definition) is 0. The number of carbonyl (C=O) groups is 1. The Morgan fingerprint density at radius 3 is 3.00 bits per heavy atom. The second-order valence-corrected chi connectivity index (χ2v) is 3.11. The molecule has 0 saturated carbocycles. The fourth-order valence-electron chi connectivity index (χ4n) is 1.09. The maximum Gasteiger partial charge on any atom is 0.311 e. The highest BCUT2D eigenvalue weighted by molar-refractivity contribution is 5.97. The number of furan rings is 1. The first-order valence-corrected chi connectivity index (χ1v) is 4.90. The van der Waals surface area contributed by atoms with Crippen molar-refractivity contribution in [1.82, 2.24) is 0 Å². The van der Waals surface area contributed by atoms with E-state index in [0.29, 0.717) is 13.2 Å². The van der Waals surface area contributed by atoms with E-state index in [1.54, 1.807) is 20.1 Å². The molecule has 4 nitrogen and oxygen atoms in total. The van der Waals surface area contributed by atoms with Gasteiger partial charge >= 0.3 is 5.97 Å². The van der Waals surface area contributed by atoms with E-state index in [0.717, 1.165) is 11.5 Å². The van der Waals surface area contributed by atoms with Crippen LogP contribution in [0.2, 0.25) is 0 Å². The van der Waals surface area contributed by atoms with Crippen LogP contribution in [-0.2, 0) is 16.1 Å². The number of rotatable bonds is 5. The van der Waals surface area contributed by atoms with Crippen molar-refractivity contribution in [2.24, 2.45) is 4.99 Å². The Balaban J connectivity index is 2.36. The van der Waals surface area contributed by atoms with Gasteiger partial charge in [-0.3, -0.25) is 9.79 Å². The Kier molecular flexibility index (Phi) is 4.60. The first kappa shape index (κ1) is 11.5. The minimum Gasteiger partial charge on any atom is -0.467 e. The lowest BCUT2D eigenvalue weighted by atomic mass is 10.3. The molecule has 1 aromatic rings. The number of esters is 1. The van der Waals surface area contributed by atoms with Crippen LogP contribution in [0.25, 0.3) is 0 Å². The highest BCUT2D eigenvalue weighted by Gasteiger charge is 2.03. The Morgan fingerprint density at radius 1 is 1.60 bits per heavy atom. The van der Waals surface area contributed by atoms with Crippen molar-refractivity contribution in [1.29, 1.82) is 0 Å². The summed E-state index contributed by atoms with van der Waals surface area (Å²) in [7, 11) is 0. The van der Waals surface area contributed by atoms with Gasteiger partial charge in [-0.25, -0.2) is 0 Å². The maximum atomic E-state index is 11.1. The van der Waals surface area contributed by atoms with Crippen LogP contribution < -0.4 is 0 Å². The molecule has 0 bridgehead atoms. The fourth-order valence-corrected chi connectivity index (χ4v) is 1.09. The summed E-state index contributed by atoms with van der Waals surface area (Å²) in [6.07, 6.45) is 1.85. The van der Waals surface area contributed by atoms with Crippen LogP contribution in [0.5, 0.6) is 0 Å². The van der Waals surface area contributed by atoms with Crippen LogP contribution in [0.1, 0.15) is 26.0 Å². The van der Waals surface area contributed by atoms with Gasteiger partial charge in [-0.2, -0.15) is 0 Å². The van der Waals surface area contributed by atoms with Crippen LogP contribution in [0.3, 0.4) is 0 Å². The third-order valence-electron chi connectivity index (χ3n) is 1.79. The highest BCUT2D eigenvalue weighted by Crippen LogP contribution is 2.02. The van der Waals surface area contributed by atoms with Gasteiger partial charge in [-0.05, 0) is 26.0 Å². The molecule has 0 atom stereocenters. The van der Waals surface area contributed by atoms with Gasteiger partial charge in [0, 0.05) is 5.71 Å². The number of carbonyl (C=O) groups excluding carboxylic acids is 1. The second-order valence-electron chi connectivity index (χ2n) is 3.11. The van der Waals surface area contributed by atoms with Gasteiger partial charge in [-0.15, -0.1) is 0 Å². The molecule has 1 rings (SSSR count). The van der Waals surface area contributed by atoms with Crippen molar-refractivity contribution < 1.29 is 13.9 Å². The average molecular weight is 209 g/mol. The summed E-state index contributed by atoms with van der Waals surface area (Å²) in [5.74, 6) is 0.552. The van der Waals surface area contributed by atoms with E-state index in [1.165, 1.54) is 0 Å². The summed E-state index contributed by atoms with van der Waals surface area (Å²) >= 11 is 0. The van der Waals surface area contributed by atoms with Gasteiger partial charge in [0.05, 0.1) is 25.8 Å². The van der Waals surface area contributed by atoms with Crippen molar-refractivity contribution >= 4 is 11.7 Å². The molecule has 0 aromatic carbocycles. The molecule has 0 fully saturated rings. The van der Waals surface area contributed by atoms with Crippen molar-refractivity contribution in [2.75, 3.05) is 6.61 Å². The topological polar surface area (TPSA) is 51.8 Å². The van der Waals surface area contributed by atoms with E-state index in [1.807, 2.05) is 12.1 Å². The third kappa shape index (κ3) is 4.44. The predicted molar refractivity (Wildman–Crippen MR) is 56.8 cm³/mol. The average Bonchev–Trinajstić information content (AvgIpc) is 2.67. The molecule has 0 unspecified atom stereocenters. The molecule has 0 N–H and O–H groups in total. The molecule has 0 spiro atoms. The molecule has 0 radical (unpaired) electrons. The van der Waals surface area contributed by atoms with Gasteiger partial charge < -0.3 is 9.15 Å². The quantitative estimate of drug-likeness (QED) is 0.551. The first-order chi connectivity index (χ1) is 7.22. The first-order valence-electron chi connectivity index (χ1n) is 4.90. The lowest BCUT2D eigenvalue weighted by molar-refractivity contribution is -0.141. The summed E-state index contributed by atoms with van der Waals surface area (Å²) in [6.45, 7) is 4.47. The summed E-state index contributed by atoms with van der Waals surface area (Å²) in [4.78, 5) is 15.3. The molecule has 0 saturated heterocycles. The smallest absolute Gasteiger partial charge is 0.311 e. The van der Waals surface area contributed by atoms with E-state index >= 15 is 0 Å². The number of ether oxygens (including phenoxy) is 1. The Morgan fingerprint density at radius 2 is 2.40 bits per heavy atom. The van der Waals surface area contributed by atoms with Crippen molar-refractivity contribution in [3.8, 4) is 0 Å². The molecule has 1 heterocycles. The van der Waals surface area contributed by atoms with Crippen molar-refractivity contribution in [2.45, 2.75) is 26.8 Å². The van der Waals surface area contributed by atoms with E-state index in [9.17, 15) is 4.79 Å². The van der Waals surface area contributed by atoms with Crippen LogP contribution in [0, 0.1) is 0 Å². The summed E-state index contributed by atoms with van der Waals surface area (Å²) in [5.41, 5.74) is 0.754. The van der Waals surface area contributed by atoms with E-state index < -0.39 is 0 Å². The highest BCUT2D eigenvalue weighted by atomic mass is 16.5. The molecular formula is C11H15NO3. The third-order valence-corrected chi connectivity index (χ3v) is 1.79. The van der Waals surface area contributed by atoms with Gasteiger partial charge in [0.25, 0.3) is 0 Å². The lowest BCUT2D eigenvalue weighted by Gasteiger charge is -2.00. The van der Waals surface area contributed by atoms with Crippen LogP contribution >= 0.6 is 0 Å². The van der Waals surface area contributed by atoms with E-state index in [-0.39, 0.29) is 12.4 Å². The van der Waals surface area contributed by atoms with Crippen LogP contribution in [-0.4, -0.2) is 18.3 Å². The van der Waals surface area contributed by atoms with Crippen LogP contribution in [0.4, 0.5) is 0 Å². The molecule has 0 aliphatic heterocycles. The SMILES string of the molecule is CCOC(=O)CC(C)=NCc1ccco1. The zero-order chi connectivity index (χ0) is 11.1. The van der Waals surface area contributed by atoms with Crippen LogP contribution in [0.15, 0.2) is 27.8 Å². The second kappa shape index (κ2) is 6.01. The minimum atomic E-state index is -0.238. The largest absolute Gasteiger partial charge is 0.467 e. The zero-order valence-corrected chi connectivity index (χ0v) is 9.03. The molecule has 82 valence electrons. The Bertz CT molecular complexity index is 328. The van der Waals surface area contributed by atoms with E-state index in [2.05, 4.69) is 4.99 Å². The standard InChI is InChI=1S/C11H15NO3/c1-3-14-11(13)7-9(2)12-8-10-5-4-6-15-10/h4-6H,3,7-8H2,1-2H3. The minimum absolute atomic E-state index is 0.238. The Hall–Kier alpha value is -1.58. The zero-order valence-electron chi connectivity index (χ0n) is 9.03.